The first-order valence-electron chi connectivity index (χ1n) is 5.37. The van der Waals surface area contributed by atoms with Crippen molar-refractivity contribution < 1.29 is 19.6 Å². The van der Waals surface area contributed by atoms with Gasteiger partial charge in [-0.05, 0) is 18.6 Å². The van der Waals surface area contributed by atoms with Crippen molar-refractivity contribution >= 4 is 23.3 Å². The first-order chi connectivity index (χ1) is 8.90. The molecule has 0 heterocycles. The summed E-state index contributed by atoms with van der Waals surface area (Å²) in [7, 11) is 0. The summed E-state index contributed by atoms with van der Waals surface area (Å²) in [5.74, 6) is -1.60. The van der Waals surface area contributed by atoms with E-state index in [0.717, 1.165) is 0 Å². The molecule has 1 amide bonds. The van der Waals surface area contributed by atoms with Crippen LogP contribution in [0.15, 0.2) is 18.2 Å². The molecule has 0 radical (unpaired) electrons. The van der Waals surface area contributed by atoms with E-state index in [1.807, 2.05) is 0 Å². The number of non-ortho nitro benzene ring substituents is 1. The molecule has 1 rings (SSSR count). The zero-order chi connectivity index (χ0) is 14.4. The van der Waals surface area contributed by atoms with Gasteiger partial charge in [-0.1, -0.05) is 0 Å². The van der Waals surface area contributed by atoms with Gasteiger partial charge in [0.05, 0.1) is 11.5 Å². The van der Waals surface area contributed by atoms with Crippen LogP contribution in [0.4, 0.5) is 11.4 Å². The fourth-order valence-corrected chi connectivity index (χ4v) is 1.37. The maximum atomic E-state index is 11.3. The minimum absolute atomic E-state index is 0.0293. The van der Waals surface area contributed by atoms with E-state index >= 15 is 0 Å². The number of aliphatic carboxylic acids is 1. The lowest BCUT2D eigenvalue weighted by Crippen LogP contribution is -2.33. The lowest BCUT2D eigenvalue weighted by Gasteiger charge is -2.09. The van der Waals surface area contributed by atoms with Gasteiger partial charge in [-0.15, -0.1) is 0 Å². The molecule has 0 atom stereocenters. The number of nitro benzene ring substituents is 1. The van der Waals surface area contributed by atoms with E-state index in [0.29, 0.717) is 11.3 Å². The number of rotatable bonds is 6. The molecule has 8 nitrogen and oxygen atoms in total. The van der Waals surface area contributed by atoms with Crippen LogP contribution in [0.2, 0.25) is 0 Å². The fraction of sp³-hybridized carbons (Fsp3) is 0.273. The Kier molecular flexibility index (Phi) is 4.81. The maximum absolute atomic E-state index is 11.3. The van der Waals surface area contributed by atoms with Crippen molar-refractivity contribution in [3.8, 4) is 0 Å². The van der Waals surface area contributed by atoms with E-state index in [4.69, 9.17) is 5.11 Å². The van der Waals surface area contributed by atoms with Crippen LogP contribution in [0.1, 0.15) is 5.56 Å². The largest absolute Gasteiger partial charge is 0.480 e. The van der Waals surface area contributed by atoms with E-state index in [1.165, 1.54) is 18.2 Å². The first-order valence-corrected chi connectivity index (χ1v) is 5.37. The standard InChI is InChI=1S/C11H13N3O5/c1-7-4-8(14(18)19)2-3-9(7)12-5-10(15)13-6-11(16)17/h2-4,12H,5-6H2,1H3,(H,13,15)(H,16,17). The molecule has 0 spiro atoms. The number of hydrogen-bond acceptors (Lipinski definition) is 5. The molecule has 0 aliphatic carbocycles. The van der Waals surface area contributed by atoms with Gasteiger partial charge in [-0.25, -0.2) is 0 Å². The van der Waals surface area contributed by atoms with Crippen LogP contribution in [0.3, 0.4) is 0 Å². The van der Waals surface area contributed by atoms with E-state index in [1.54, 1.807) is 6.92 Å². The van der Waals surface area contributed by atoms with Crippen LogP contribution >= 0.6 is 0 Å². The number of nitro groups is 1. The third-order valence-corrected chi connectivity index (χ3v) is 2.30. The Morgan fingerprint density at radius 1 is 1.37 bits per heavy atom. The van der Waals surface area contributed by atoms with Crippen molar-refractivity contribution in [2.75, 3.05) is 18.4 Å². The topological polar surface area (TPSA) is 122 Å². The molecule has 1 aromatic rings. The van der Waals surface area contributed by atoms with Crippen LogP contribution in [0.25, 0.3) is 0 Å². The predicted molar refractivity (Wildman–Crippen MR) is 67.0 cm³/mol. The summed E-state index contributed by atoms with van der Waals surface area (Å²) in [6, 6.07) is 4.21. The number of benzene rings is 1. The number of amides is 1. The lowest BCUT2D eigenvalue weighted by atomic mass is 10.2. The predicted octanol–water partition coefficient (Wildman–Crippen LogP) is 0.516. The number of hydrogen-bond donors (Lipinski definition) is 3. The molecule has 0 bridgehead atoms. The second kappa shape index (κ2) is 6.34. The van der Waals surface area contributed by atoms with E-state index in [-0.39, 0.29) is 12.2 Å². The third-order valence-electron chi connectivity index (χ3n) is 2.30. The van der Waals surface area contributed by atoms with Crippen LogP contribution < -0.4 is 10.6 Å². The SMILES string of the molecule is Cc1cc([N+](=O)[O-])ccc1NCC(=O)NCC(=O)O. The smallest absolute Gasteiger partial charge is 0.322 e. The van der Waals surface area contributed by atoms with Crippen molar-refractivity contribution in [1.82, 2.24) is 5.32 Å². The van der Waals surface area contributed by atoms with E-state index in [2.05, 4.69) is 10.6 Å². The number of carbonyl (C=O) groups is 2. The number of aryl methyl sites for hydroxylation is 1. The summed E-state index contributed by atoms with van der Waals surface area (Å²) in [6.45, 7) is 1.12. The molecule has 102 valence electrons. The van der Waals surface area contributed by atoms with E-state index < -0.39 is 23.3 Å². The summed E-state index contributed by atoms with van der Waals surface area (Å²) in [6.07, 6.45) is 0. The second-order valence-electron chi connectivity index (χ2n) is 3.78. The quantitative estimate of drug-likeness (QED) is 0.510. The Balaban J connectivity index is 2.56. The summed E-state index contributed by atoms with van der Waals surface area (Å²) < 4.78 is 0. The molecule has 0 aliphatic heterocycles. The van der Waals surface area contributed by atoms with Gasteiger partial charge in [0.2, 0.25) is 5.91 Å². The third kappa shape index (κ3) is 4.62. The van der Waals surface area contributed by atoms with Gasteiger partial charge in [-0.3, -0.25) is 19.7 Å². The number of carbonyl (C=O) groups excluding carboxylic acids is 1. The number of carboxylic acid groups (broad SMARTS) is 1. The van der Waals surface area contributed by atoms with E-state index in [9.17, 15) is 19.7 Å². The summed E-state index contributed by atoms with van der Waals surface area (Å²) in [5, 5.41) is 23.9. The highest BCUT2D eigenvalue weighted by Crippen LogP contribution is 2.20. The van der Waals surface area contributed by atoms with Crippen molar-refractivity contribution in [2.24, 2.45) is 0 Å². The Bertz CT molecular complexity index is 515. The second-order valence-corrected chi connectivity index (χ2v) is 3.78. The molecule has 0 unspecified atom stereocenters. The molecule has 8 heteroatoms. The fourth-order valence-electron chi connectivity index (χ4n) is 1.37. The van der Waals surface area contributed by atoms with Gasteiger partial charge in [0.1, 0.15) is 6.54 Å². The highest BCUT2D eigenvalue weighted by atomic mass is 16.6. The monoisotopic (exact) mass is 267 g/mol. The molecule has 0 saturated heterocycles. The zero-order valence-electron chi connectivity index (χ0n) is 10.2. The Morgan fingerprint density at radius 3 is 2.58 bits per heavy atom. The summed E-state index contributed by atoms with van der Waals surface area (Å²) >= 11 is 0. The maximum Gasteiger partial charge on any atom is 0.322 e. The van der Waals surface area contributed by atoms with Crippen LogP contribution in [0.5, 0.6) is 0 Å². The van der Waals surface area contributed by atoms with Crippen molar-refractivity contribution in [3.63, 3.8) is 0 Å². The molecule has 1 aromatic carbocycles. The van der Waals surface area contributed by atoms with Crippen molar-refractivity contribution in [3.05, 3.63) is 33.9 Å². The lowest BCUT2D eigenvalue weighted by molar-refractivity contribution is -0.384. The summed E-state index contributed by atoms with van der Waals surface area (Å²) in [4.78, 5) is 31.5. The Labute approximate surface area is 108 Å². The summed E-state index contributed by atoms with van der Waals surface area (Å²) in [5.41, 5.74) is 1.18. The van der Waals surface area contributed by atoms with Gasteiger partial charge >= 0.3 is 5.97 Å². The minimum atomic E-state index is -1.13. The number of carboxylic acids is 1. The minimum Gasteiger partial charge on any atom is -0.480 e. The van der Waals surface area contributed by atoms with Gasteiger partial charge in [0.15, 0.2) is 0 Å². The molecule has 3 N–H and O–H groups in total. The number of nitrogens with zero attached hydrogens (tertiary/aromatic N) is 1. The molecule has 0 aromatic heterocycles. The average Bonchev–Trinajstić information content (AvgIpc) is 2.34. The first kappa shape index (κ1) is 14.4. The average molecular weight is 267 g/mol. The molecule has 19 heavy (non-hydrogen) atoms. The molecular formula is C11H13N3O5. The number of nitrogens with one attached hydrogen (secondary N) is 2. The highest BCUT2D eigenvalue weighted by molar-refractivity contribution is 5.84. The Morgan fingerprint density at radius 2 is 2.05 bits per heavy atom. The number of anilines is 1. The van der Waals surface area contributed by atoms with Gasteiger partial charge < -0.3 is 15.7 Å². The molecular weight excluding hydrogens is 254 g/mol. The molecule has 0 aliphatic rings. The van der Waals surface area contributed by atoms with Crippen LogP contribution in [-0.2, 0) is 9.59 Å². The molecule has 0 saturated carbocycles. The highest BCUT2D eigenvalue weighted by Gasteiger charge is 2.09. The van der Waals surface area contributed by atoms with Gasteiger partial charge in [0.25, 0.3) is 5.69 Å². The Hall–Kier alpha value is -2.64. The van der Waals surface area contributed by atoms with Crippen molar-refractivity contribution in [2.45, 2.75) is 6.92 Å². The van der Waals surface area contributed by atoms with Crippen molar-refractivity contribution in [1.29, 1.82) is 0 Å². The van der Waals surface area contributed by atoms with Crippen LogP contribution in [0, 0.1) is 17.0 Å². The van der Waals surface area contributed by atoms with Crippen LogP contribution in [-0.4, -0.2) is 35.0 Å². The normalized spacial score (nSPS) is 9.74. The molecule has 0 fully saturated rings. The van der Waals surface area contributed by atoms with Gasteiger partial charge in [0, 0.05) is 17.8 Å². The van der Waals surface area contributed by atoms with Gasteiger partial charge in [-0.2, -0.15) is 0 Å². The zero-order valence-corrected chi connectivity index (χ0v) is 10.2.